The molecule has 1 atom stereocenters. The van der Waals surface area contributed by atoms with Gasteiger partial charge in [0.25, 0.3) is 0 Å². The number of likely N-dealkylation sites (tertiary alicyclic amines) is 1. The monoisotopic (exact) mass is 207 g/mol. The van der Waals surface area contributed by atoms with Gasteiger partial charge in [0, 0.05) is 19.0 Å². The minimum Gasteiger partial charge on any atom is -0.336 e. The van der Waals surface area contributed by atoms with E-state index < -0.39 is 0 Å². The first kappa shape index (κ1) is 12.0. The summed E-state index contributed by atoms with van der Waals surface area (Å²) in [6.07, 6.45) is 9.88. The highest BCUT2D eigenvalue weighted by Gasteiger charge is 2.24. The van der Waals surface area contributed by atoms with E-state index in [1.807, 2.05) is 17.1 Å². The fourth-order valence-corrected chi connectivity index (χ4v) is 2.05. The van der Waals surface area contributed by atoms with Gasteiger partial charge in [-0.15, -0.1) is 13.2 Å². The fourth-order valence-electron chi connectivity index (χ4n) is 2.05. The van der Waals surface area contributed by atoms with E-state index in [1.165, 1.54) is 0 Å². The van der Waals surface area contributed by atoms with Crippen LogP contribution in [0, 0.1) is 0 Å². The Kier molecular flexibility index (Phi) is 5.16. The molecule has 2 heteroatoms. The van der Waals surface area contributed by atoms with Crippen molar-refractivity contribution in [3.8, 4) is 0 Å². The summed E-state index contributed by atoms with van der Waals surface area (Å²) in [5.74, 6) is 0.296. The summed E-state index contributed by atoms with van der Waals surface area (Å²) < 4.78 is 0. The van der Waals surface area contributed by atoms with Crippen LogP contribution in [0.25, 0.3) is 0 Å². The molecule has 0 spiro atoms. The summed E-state index contributed by atoms with van der Waals surface area (Å²) in [6.45, 7) is 8.38. The molecular formula is C13H21NO. The number of carbonyl (C=O) groups excluding carboxylic acids is 1. The lowest BCUT2D eigenvalue weighted by molar-refractivity contribution is -0.135. The third-order valence-electron chi connectivity index (χ3n) is 2.94. The lowest BCUT2D eigenvalue weighted by Gasteiger charge is -2.33. The molecule has 0 N–H and O–H groups in total. The van der Waals surface area contributed by atoms with E-state index in [0.717, 1.165) is 38.6 Å². The number of carbonyl (C=O) groups is 1. The maximum Gasteiger partial charge on any atom is 0.223 e. The normalized spacial score (nSPS) is 21.5. The molecule has 1 aliphatic heterocycles. The Labute approximate surface area is 92.7 Å². The van der Waals surface area contributed by atoms with E-state index in [4.69, 9.17) is 0 Å². The molecule has 1 amide bonds. The quantitative estimate of drug-likeness (QED) is 0.484. The van der Waals surface area contributed by atoms with E-state index in [-0.39, 0.29) is 6.04 Å². The molecule has 0 aromatic heterocycles. The van der Waals surface area contributed by atoms with Crippen molar-refractivity contribution < 1.29 is 4.79 Å². The van der Waals surface area contributed by atoms with E-state index in [9.17, 15) is 4.79 Å². The maximum atomic E-state index is 11.7. The molecule has 0 saturated carbocycles. The average Bonchev–Trinajstić information content (AvgIpc) is 2.26. The molecule has 1 rings (SSSR count). The minimum atomic E-state index is 0.273. The van der Waals surface area contributed by atoms with Gasteiger partial charge in [0.1, 0.15) is 0 Å². The minimum absolute atomic E-state index is 0.273. The van der Waals surface area contributed by atoms with Crippen LogP contribution < -0.4 is 0 Å². The van der Waals surface area contributed by atoms with Crippen molar-refractivity contribution in [1.29, 1.82) is 0 Å². The largest absolute Gasteiger partial charge is 0.336 e. The first-order valence-electron chi connectivity index (χ1n) is 5.82. The number of allylic oxidation sites excluding steroid dienone is 1. The molecule has 0 radical (unpaired) electrons. The van der Waals surface area contributed by atoms with Crippen molar-refractivity contribution in [2.45, 2.75) is 44.6 Å². The Morgan fingerprint density at radius 1 is 1.40 bits per heavy atom. The first-order valence-corrected chi connectivity index (χ1v) is 5.82. The average molecular weight is 207 g/mol. The second kappa shape index (κ2) is 6.44. The molecule has 1 fully saturated rings. The van der Waals surface area contributed by atoms with E-state index in [2.05, 4.69) is 13.2 Å². The van der Waals surface area contributed by atoms with Crippen molar-refractivity contribution in [1.82, 2.24) is 4.90 Å². The molecule has 0 bridgehead atoms. The summed E-state index contributed by atoms with van der Waals surface area (Å²) >= 11 is 0. The molecule has 1 saturated heterocycles. The maximum absolute atomic E-state index is 11.7. The zero-order valence-corrected chi connectivity index (χ0v) is 9.45. The van der Waals surface area contributed by atoms with Gasteiger partial charge in [-0.25, -0.2) is 0 Å². The Morgan fingerprint density at radius 2 is 2.20 bits per heavy atom. The summed E-state index contributed by atoms with van der Waals surface area (Å²) in [5, 5.41) is 0. The predicted octanol–water partition coefficient (Wildman–Crippen LogP) is 2.91. The van der Waals surface area contributed by atoms with Gasteiger partial charge in [-0.3, -0.25) is 4.79 Å². The third kappa shape index (κ3) is 3.54. The molecule has 2 nitrogen and oxygen atoms in total. The second-order valence-electron chi connectivity index (χ2n) is 4.07. The molecule has 1 unspecified atom stereocenters. The summed E-state index contributed by atoms with van der Waals surface area (Å²) in [7, 11) is 0. The summed E-state index contributed by atoms with van der Waals surface area (Å²) in [5.41, 5.74) is 0. The zero-order valence-electron chi connectivity index (χ0n) is 9.45. The third-order valence-corrected chi connectivity index (χ3v) is 2.94. The molecule has 15 heavy (non-hydrogen) atoms. The topological polar surface area (TPSA) is 20.3 Å². The van der Waals surface area contributed by atoms with Gasteiger partial charge in [0.05, 0.1) is 0 Å². The van der Waals surface area contributed by atoms with E-state index >= 15 is 0 Å². The number of hydrogen-bond acceptors (Lipinski definition) is 1. The highest BCUT2D eigenvalue weighted by atomic mass is 16.2. The molecule has 0 aliphatic carbocycles. The molecule has 1 heterocycles. The van der Waals surface area contributed by atoms with Crippen LogP contribution in [0.5, 0.6) is 0 Å². The van der Waals surface area contributed by atoms with Crippen molar-refractivity contribution in [2.24, 2.45) is 0 Å². The van der Waals surface area contributed by atoms with Crippen LogP contribution in [0.3, 0.4) is 0 Å². The molecule has 0 aromatic carbocycles. The standard InChI is InChI=1S/C13H21NO/c1-3-5-6-7-11-14-12(4-2)9-8-10-13(14)15/h3-4,12H,1-2,5-11H2. The van der Waals surface area contributed by atoms with Crippen LogP contribution in [-0.4, -0.2) is 23.4 Å². The lowest BCUT2D eigenvalue weighted by Crippen LogP contribution is -2.42. The van der Waals surface area contributed by atoms with Crippen molar-refractivity contribution in [3.63, 3.8) is 0 Å². The van der Waals surface area contributed by atoms with Crippen LogP contribution in [0.2, 0.25) is 0 Å². The van der Waals surface area contributed by atoms with Crippen molar-refractivity contribution >= 4 is 5.91 Å². The number of rotatable bonds is 6. The SMILES string of the molecule is C=CCCCCN1C(=O)CCCC1C=C. The number of piperidine rings is 1. The molecule has 1 aliphatic rings. The highest BCUT2D eigenvalue weighted by molar-refractivity contribution is 5.77. The van der Waals surface area contributed by atoms with Crippen LogP contribution >= 0.6 is 0 Å². The van der Waals surface area contributed by atoms with Gasteiger partial charge in [-0.1, -0.05) is 12.2 Å². The molecule has 84 valence electrons. The number of unbranched alkanes of at least 4 members (excludes halogenated alkanes) is 2. The van der Waals surface area contributed by atoms with Crippen LogP contribution in [0.1, 0.15) is 38.5 Å². The van der Waals surface area contributed by atoms with Crippen molar-refractivity contribution in [3.05, 3.63) is 25.3 Å². The smallest absolute Gasteiger partial charge is 0.223 e. The van der Waals surface area contributed by atoms with Crippen LogP contribution in [-0.2, 0) is 4.79 Å². The van der Waals surface area contributed by atoms with E-state index in [0.29, 0.717) is 12.3 Å². The molecule has 0 aromatic rings. The fraction of sp³-hybridized carbons (Fsp3) is 0.615. The first-order chi connectivity index (χ1) is 7.29. The predicted molar refractivity (Wildman–Crippen MR) is 63.6 cm³/mol. The lowest BCUT2D eigenvalue weighted by atomic mass is 10.0. The number of amides is 1. The van der Waals surface area contributed by atoms with Gasteiger partial charge in [-0.05, 0) is 32.1 Å². The van der Waals surface area contributed by atoms with Gasteiger partial charge in [0.2, 0.25) is 5.91 Å². The van der Waals surface area contributed by atoms with Gasteiger partial charge in [-0.2, -0.15) is 0 Å². The van der Waals surface area contributed by atoms with Gasteiger partial charge in [0.15, 0.2) is 0 Å². The second-order valence-corrected chi connectivity index (χ2v) is 4.07. The van der Waals surface area contributed by atoms with Gasteiger partial charge >= 0.3 is 0 Å². The highest BCUT2D eigenvalue weighted by Crippen LogP contribution is 2.19. The Morgan fingerprint density at radius 3 is 2.87 bits per heavy atom. The van der Waals surface area contributed by atoms with Crippen LogP contribution in [0.15, 0.2) is 25.3 Å². The Balaban J connectivity index is 2.37. The summed E-state index contributed by atoms with van der Waals surface area (Å²) in [6, 6.07) is 0.273. The zero-order chi connectivity index (χ0) is 11.1. The van der Waals surface area contributed by atoms with Gasteiger partial charge < -0.3 is 4.90 Å². The number of hydrogen-bond donors (Lipinski definition) is 0. The number of nitrogens with zero attached hydrogens (tertiary/aromatic N) is 1. The summed E-state index contributed by atoms with van der Waals surface area (Å²) in [4.78, 5) is 13.7. The van der Waals surface area contributed by atoms with Crippen LogP contribution in [0.4, 0.5) is 0 Å². The van der Waals surface area contributed by atoms with Crippen molar-refractivity contribution in [2.75, 3.05) is 6.54 Å². The Bertz CT molecular complexity index is 235. The molecular weight excluding hydrogens is 186 g/mol. The van der Waals surface area contributed by atoms with E-state index in [1.54, 1.807) is 0 Å². The Hall–Kier alpha value is -1.05.